The highest BCUT2D eigenvalue weighted by Crippen LogP contribution is 2.29. The van der Waals surface area contributed by atoms with E-state index in [9.17, 15) is 9.18 Å². The molecule has 1 fully saturated rings. The van der Waals surface area contributed by atoms with Crippen molar-refractivity contribution in [1.82, 2.24) is 4.90 Å². The van der Waals surface area contributed by atoms with Crippen molar-refractivity contribution in [2.75, 3.05) is 13.1 Å². The van der Waals surface area contributed by atoms with Gasteiger partial charge < -0.3 is 19.8 Å². The number of hydrogen-bond donors (Lipinski definition) is 2. The Hall–Kier alpha value is -0.880. The fourth-order valence-corrected chi connectivity index (χ4v) is 1.49. The molecule has 0 unspecified atom stereocenters. The first kappa shape index (κ1) is 13.2. The summed E-state index contributed by atoms with van der Waals surface area (Å²) in [7, 11) is 0. The van der Waals surface area contributed by atoms with Crippen LogP contribution in [-0.2, 0) is 4.74 Å². The zero-order valence-electron chi connectivity index (χ0n) is 9.73. The maximum Gasteiger partial charge on any atom is 0.410 e. The molecule has 5 nitrogen and oxygen atoms in total. The fourth-order valence-electron chi connectivity index (χ4n) is 1.49. The van der Waals surface area contributed by atoms with E-state index in [-0.39, 0.29) is 19.5 Å². The maximum absolute atomic E-state index is 13.7. The van der Waals surface area contributed by atoms with Crippen LogP contribution in [0.1, 0.15) is 27.2 Å². The topological polar surface area (TPSA) is 70.0 Å². The molecule has 6 heteroatoms. The largest absolute Gasteiger partial charge is 0.444 e. The Morgan fingerprint density at radius 1 is 1.50 bits per heavy atom. The lowest BCUT2D eigenvalue weighted by Crippen LogP contribution is -2.43. The van der Waals surface area contributed by atoms with Gasteiger partial charge >= 0.3 is 6.09 Å². The molecule has 1 rings (SSSR count). The SMILES string of the molecule is CC(C)(C)OC(=O)N1CC[C@](F)(C(O)O)C1. The minimum Gasteiger partial charge on any atom is -0.444 e. The van der Waals surface area contributed by atoms with Crippen molar-refractivity contribution in [3.63, 3.8) is 0 Å². The third-order valence-electron chi connectivity index (χ3n) is 2.37. The molecule has 1 heterocycles. The van der Waals surface area contributed by atoms with Crippen LogP contribution in [0.5, 0.6) is 0 Å². The smallest absolute Gasteiger partial charge is 0.410 e. The van der Waals surface area contributed by atoms with Crippen molar-refractivity contribution in [3.05, 3.63) is 0 Å². The predicted octanol–water partition coefficient (Wildman–Crippen LogP) is 0.646. The van der Waals surface area contributed by atoms with Gasteiger partial charge in [0, 0.05) is 13.0 Å². The highest BCUT2D eigenvalue weighted by molar-refractivity contribution is 5.68. The molecule has 0 aromatic carbocycles. The van der Waals surface area contributed by atoms with Crippen LogP contribution in [0.25, 0.3) is 0 Å². The molecular weight excluding hydrogens is 217 g/mol. The van der Waals surface area contributed by atoms with E-state index in [0.29, 0.717) is 0 Å². The molecule has 1 atom stereocenters. The van der Waals surface area contributed by atoms with Crippen LogP contribution in [0.3, 0.4) is 0 Å². The van der Waals surface area contributed by atoms with Crippen LogP contribution in [0.4, 0.5) is 9.18 Å². The molecule has 1 amide bonds. The van der Waals surface area contributed by atoms with E-state index in [1.54, 1.807) is 20.8 Å². The average Bonchev–Trinajstić information content (AvgIpc) is 2.46. The number of rotatable bonds is 1. The summed E-state index contributed by atoms with van der Waals surface area (Å²) >= 11 is 0. The number of hydrogen-bond acceptors (Lipinski definition) is 4. The van der Waals surface area contributed by atoms with Crippen LogP contribution < -0.4 is 0 Å². The van der Waals surface area contributed by atoms with Gasteiger partial charge in [0.2, 0.25) is 0 Å². The summed E-state index contributed by atoms with van der Waals surface area (Å²) in [5.74, 6) is 0. The Morgan fingerprint density at radius 3 is 2.44 bits per heavy atom. The lowest BCUT2D eigenvalue weighted by atomic mass is 10.1. The van der Waals surface area contributed by atoms with Crippen molar-refractivity contribution in [2.24, 2.45) is 0 Å². The molecule has 2 N–H and O–H groups in total. The number of ether oxygens (including phenoxy) is 1. The van der Waals surface area contributed by atoms with Crippen LogP contribution in [0, 0.1) is 0 Å². The minimum atomic E-state index is -2.14. The second-order valence-corrected chi connectivity index (χ2v) is 5.06. The molecule has 1 aliphatic rings. The van der Waals surface area contributed by atoms with Crippen LogP contribution in [0.15, 0.2) is 0 Å². The van der Waals surface area contributed by atoms with Crippen molar-refractivity contribution in [1.29, 1.82) is 0 Å². The van der Waals surface area contributed by atoms with Crippen molar-refractivity contribution in [2.45, 2.75) is 44.8 Å². The molecule has 0 aliphatic carbocycles. The summed E-state index contributed by atoms with van der Waals surface area (Å²) in [5, 5.41) is 17.7. The van der Waals surface area contributed by atoms with Crippen LogP contribution in [-0.4, -0.2) is 51.9 Å². The Labute approximate surface area is 93.8 Å². The third-order valence-corrected chi connectivity index (χ3v) is 2.37. The van der Waals surface area contributed by atoms with Gasteiger partial charge in [-0.15, -0.1) is 0 Å². The van der Waals surface area contributed by atoms with E-state index in [0.717, 1.165) is 4.90 Å². The second kappa shape index (κ2) is 4.18. The lowest BCUT2D eigenvalue weighted by molar-refractivity contribution is -0.141. The van der Waals surface area contributed by atoms with E-state index in [1.807, 2.05) is 0 Å². The summed E-state index contributed by atoms with van der Waals surface area (Å²) in [6.07, 6.45) is -2.79. The van der Waals surface area contributed by atoms with E-state index in [4.69, 9.17) is 14.9 Å². The zero-order chi connectivity index (χ0) is 12.6. The second-order valence-electron chi connectivity index (χ2n) is 5.06. The molecule has 94 valence electrons. The monoisotopic (exact) mass is 235 g/mol. The minimum absolute atomic E-state index is 0.0933. The van der Waals surface area contributed by atoms with Gasteiger partial charge in [-0.25, -0.2) is 9.18 Å². The first-order valence-electron chi connectivity index (χ1n) is 5.17. The van der Waals surface area contributed by atoms with E-state index >= 15 is 0 Å². The summed E-state index contributed by atoms with van der Waals surface area (Å²) < 4.78 is 18.8. The quantitative estimate of drug-likeness (QED) is 0.654. The highest BCUT2D eigenvalue weighted by atomic mass is 19.1. The molecule has 1 aliphatic heterocycles. The van der Waals surface area contributed by atoms with E-state index in [2.05, 4.69) is 0 Å². The molecule has 0 aromatic rings. The molecule has 1 saturated heterocycles. The average molecular weight is 235 g/mol. The molecule has 0 aromatic heterocycles. The molecule has 0 spiro atoms. The standard InChI is InChI=1S/C10H18FNO4/c1-9(2,3)16-8(15)12-5-4-10(11,6-12)7(13)14/h7,13-14H,4-6H2,1-3H3/t10-/m1/s1. The Kier molecular flexibility index (Phi) is 3.44. The number of nitrogens with zero attached hydrogens (tertiary/aromatic N) is 1. The first-order chi connectivity index (χ1) is 7.14. The van der Waals surface area contributed by atoms with Gasteiger partial charge in [0.15, 0.2) is 12.0 Å². The number of amides is 1. The summed E-state index contributed by atoms with van der Waals surface area (Å²) in [6.45, 7) is 4.92. The van der Waals surface area contributed by atoms with Gasteiger partial charge in [0.05, 0.1) is 6.54 Å². The van der Waals surface area contributed by atoms with Gasteiger partial charge in [-0.05, 0) is 20.8 Å². The van der Waals surface area contributed by atoms with Crippen LogP contribution >= 0.6 is 0 Å². The van der Waals surface area contributed by atoms with Gasteiger partial charge in [0.1, 0.15) is 5.60 Å². The number of carbonyl (C=O) groups is 1. The van der Waals surface area contributed by atoms with Gasteiger partial charge in [0.25, 0.3) is 0 Å². The molecule has 16 heavy (non-hydrogen) atoms. The zero-order valence-corrected chi connectivity index (χ0v) is 9.73. The van der Waals surface area contributed by atoms with Gasteiger partial charge in [-0.2, -0.15) is 0 Å². The predicted molar refractivity (Wildman–Crippen MR) is 54.5 cm³/mol. The fraction of sp³-hybridized carbons (Fsp3) is 0.900. The summed E-state index contributed by atoms with van der Waals surface area (Å²) in [5.41, 5.74) is -2.78. The van der Waals surface area contributed by atoms with Gasteiger partial charge in [-0.3, -0.25) is 0 Å². The number of alkyl halides is 1. The Bertz CT molecular complexity index is 276. The normalized spacial score (nSPS) is 26.3. The van der Waals surface area contributed by atoms with E-state index < -0.39 is 23.7 Å². The summed E-state index contributed by atoms with van der Waals surface area (Å²) in [6, 6.07) is 0. The Balaban J connectivity index is 2.57. The third kappa shape index (κ3) is 3.05. The number of aliphatic hydroxyl groups excluding tert-OH is 1. The van der Waals surface area contributed by atoms with E-state index in [1.165, 1.54) is 0 Å². The number of halogens is 1. The molecule has 0 radical (unpaired) electrons. The first-order valence-corrected chi connectivity index (χ1v) is 5.17. The molecule has 0 bridgehead atoms. The Morgan fingerprint density at radius 2 is 2.06 bits per heavy atom. The lowest BCUT2D eigenvalue weighted by Gasteiger charge is -2.25. The maximum atomic E-state index is 13.7. The van der Waals surface area contributed by atoms with Crippen molar-refractivity contribution in [3.8, 4) is 0 Å². The summed E-state index contributed by atoms with van der Waals surface area (Å²) in [4.78, 5) is 12.7. The van der Waals surface area contributed by atoms with Crippen molar-refractivity contribution < 1.29 is 24.1 Å². The highest BCUT2D eigenvalue weighted by Gasteiger charge is 2.46. The molecule has 0 saturated carbocycles. The van der Waals surface area contributed by atoms with Crippen molar-refractivity contribution >= 4 is 6.09 Å². The number of likely N-dealkylation sites (tertiary alicyclic amines) is 1. The number of carbonyl (C=O) groups excluding carboxylic acids is 1. The molecular formula is C10H18FNO4. The van der Waals surface area contributed by atoms with Gasteiger partial charge in [-0.1, -0.05) is 0 Å². The van der Waals surface area contributed by atoms with Crippen LogP contribution in [0.2, 0.25) is 0 Å². The number of aliphatic hydroxyl groups is 2.